The van der Waals surface area contributed by atoms with Crippen LogP contribution in [0.1, 0.15) is 39.5 Å². The molecule has 1 fully saturated rings. The molecule has 1 rings (SSSR count). The zero-order chi connectivity index (χ0) is 15.3. The van der Waals surface area contributed by atoms with Crippen LogP contribution in [0, 0.1) is 5.92 Å². The van der Waals surface area contributed by atoms with Crippen LogP contribution in [0.4, 0.5) is 0 Å². The zero-order valence-corrected chi connectivity index (χ0v) is 16.8. The van der Waals surface area contributed by atoms with Crippen molar-refractivity contribution in [2.75, 3.05) is 53.1 Å². The summed E-state index contributed by atoms with van der Waals surface area (Å²) < 4.78 is 10.6. The summed E-state index contributed by atoms with van der Waals surface area (Å²) in [6.45, 7) is 10.5. The fourth-order valence-corrected chi connectivity index (χ4v) is 2.53. The molecule has 0 aromatic heterocycles. The van der Waals surface area contributed by atoms with E-state index in [1.54, 1.807) is 7.11 Å². The molecule has 1 atom stereocenters. The molecule has 22 heavy (non-hydrogen) atoms. The second-order valence-electron chi connectivity index (χ2n) is 5.61. The number of hydrogen-bond acceptors (Lipinski definition) is 3. The molecule has 6 heteroatoms. The molecule has 0 aromatic carbocycles. The van der Waals surface area contributed by atoms with E-state index in [9.17, 15) is 0 Å². The summed E-state index contributed by atoms with van der Waals surface area (Å²) in [4.78, 5) is 7.12. The van der Waals surface area contributed by atoms with Gasteiger partial charge in [0.25, 0.3) is 0 Å². The minimum atomic E-state index is 0. The van der Waals surface area contributed by atoms with Crippen LogP contribution in [0.15, 0.2) is 4.99 Å². The van der Waals surface area contributed by atoms with E-state index in [0.717, 1.165) is 38.7 Å². The van der Waals surface area contributed by atoms with Gasteiger partial charge in [-0.1, -0.05) is 19.8 Å². The van der Waals surface area contributed by atoms with Gasteiger partial charge in [0.1, 0.15) is 0 Å². The van der Waals surface area contributed by atoms with Crippen LogP contribution in [0.5, 0.6) is 0 Å². The average Bonchev–Trinajstić information content (AvgIpc) is 2.96. The summed E-state index contributed by atoms with van der Waals surface area (Å²) in [6, 6.07) is 0. The highest BCUT2D eigenvalue weighted by Crippen LogP contribution is 2.16. The van der Waals surface area contributed by atoms with Crippen LogP contribution in [0.25, 0.3) is 0 Å². The average molecular weight is 427 g/mol. The quantitative estimate of drug-likeness (QED) is 0.252. The second kappa shape index (κ2) is 14.5. The van der Waals surface area contributed by atoms with Crippen LogP contribution in [-0.2, 0) is 9.47 Å². The maximum atomic E-state index is 5.65. The Kier molecular flexibility index (Phi) is 14.5. The summed E-state index contributed by atoms with van der Waals surface area (Å²) in [5, 5.41) is 3.41. The van der Waals surface area contributed by atoms with Crippen molar-refractivity contribution >= 4 is 29.9 Å². The standard InChI is InChI=1S/C16H33N3O2.HI/c1-4-6-7-9-18-16(17-5-2)19-10-8-15(13-19)14-21-12-11-20-3;/h15H,4-14H2,1-3H3,(H,17,18);1H. The molecule has 1 heterocycles. The van der Waals surface area contributed by atoms with Crippen molar-refractivity contribution in [2.45, 2.75) is 39.5 Å². The van der Waals surface area contributed by atoms with Gasteiger partial charge in [-0.2, -0.15) is 0 Å². The summed E-state index contributed by atoms with van der Waals surface area (Å²) in [6.07, 6.45) is 4.88. The first kappa shape index (κ1) is 21.9. The highest BCUT2D eigenvalue weighted by atomic mass is 127. The highest BCUT2D eigenvalue weighted by molar-refractivity contribution is 14.0. The Bertz CT molecular complexity index is 291. The Morgan fingerprint density at radius 3 is 2.77 bits per heavy atom. The number of halogens is 1. The van der Waals surface area contributed by atoms with Gasteiger partial charge < -0.3 is 19.7 Å². The number of nitrogens with one attached hydrogen (secondary N) is 1. The molecule has 1 aliphatic heterocycles. The van der Waals surface area contributed by atoms with Crippen molar-refractivity contribution in [1.29, 1.82) is 0 Å². The van der Waals surface area contributed by atoms with Gasteiger partial charge in [0, 0.05) is 39.2 Å². The number of likely N-dealkylation sites (tertiary alicyclic amines) is 1. The van der Waals surface area contributed by atoms with E-state index in [-0.39, 0.29) is 24.0 Å². The second-order valence-corrected chi connectivity index (χ2v) is 5.61. The third-order valence-electron chi connectivity index (χ3n) is 3.73. The van der Waals surface area contributed by atoms with E-state index < -0.39 is 0 Å². The Morgan fingerprint density at radius 1 is 1.27 bits per heavy atom. The molecule has 0 aliphatic carbocycles. The smallest absolute Gasteiger partial charge is 0.193 e. The number of unbranched alkanes of at least 4 members (excludes halogenated alkanes) is 2. The van der Waals surface area contributed by atoms with Crippen LogP contribution >= 0.6 is 24.0 Å². The van der Waals surface area contributed by atoms with Gasteiger partial charge in [-0.15, -0.1) is 24.0 Å². The van der Waals surface area contributed by atoms with E-state index in [4.69, 9.17) is 14.5 Å². The lowest BCUT2D eigenvalue weighted by atomic mass is 10.1. The number of nitrogens with zero attached hydrogens (tertiary/aromatic N) is 2. The molecule has 0 saturated carbocycles. The minimum Gasteiger partial charge on any atom is -0.382 e. The third-order valence-corrected chi connectivity index (χ3v) is 3.73. The lowest BCUT2D eigenvalue weighted by Crippen LogP contribution is -2.40. The Labute approximate surface area is 153 Å². The van der Waals surface area contributed by atoms with Crippen molar-refractivity contribution in [2.24, 2.45) is 10.9 Å². The molecule has 0 spiro atoms. The van der Waals surface area contributed by atoms with Gasteiger partial charge in [0.05, 0.1) is 19.8 Å². The predicted octanol–water partition coefficient (Wildman–Crippen LogP) is 2.75. The number of methoxy groups -OCH3 is 1. The van der Waals surface area contributed by atoms with E-state index in [1.807, 2.05) is 0 Å². The molecule has 5 nitrogen and oxygen atoms in total. The van der Waals surface area contributed by atoms with Crippen molar-refractivity contribution in [3.05, 3.63) is 0 Å². The first-order valence-corrected chi connectivity index (χ1v) is 8.41. The number of rotatable bonds is 10. The maximum absolute atomic E-state index is 5.65. The Hall–Kier alpha value is -0.0800. The SMILES string of the molecule is CCCCCN=C(NCC)N1CCC(COCCOC)C1.I. The highest BCUT2D eigenvalue weighted by Gasteiger charge is 2.24. The molecule has 0 radical (unpaired) electrons. The monoisotopic (exact) mass is 427 g/mol. The zero-order valence-electron chi connectivity index (χ0n) is 14.5. The van der Waals surface area contributed by atoms with Gasteiger partial charge in [-0.3, -0.25) is 4.99 Å². The van der Waals surface area contributed by atoms with Crippen LogP contribution in [0.2, 0.25) is 0 Å². The van der Waals surface area contributed by atoms with E-state index in [2.05, 4.69) is 24.1 Å². The van der Waals surface area contributed by atoms with Crippen LogP contribution in [0.3, 0.4) is 0 Å². The maximum Gasteiger partial charge on any atom is 0.193 e. The van der Waals surface area contributed by atoms with Crippen LogP contribution in [-0.4, -0.2) is 64.0 Å². The summed E-state index contributed by atoms with van der Waals surface area (Å²) in [5.41, 5.74) is 0. The van der Waals surface area contributed by atoms with E-state index in [1.165, 1.54) is 25.7 Å². The number of hydrogen-bond donors (Lipinski definition) is 1. The Balaban J connectivity index is 0.00000441. The summed E-state index contributed by atoms with van der Waals surface area (Å²) >= 11 is 0. The number of aliphatic imine (C=N–C) groups is 1. The molecular weight excluding hydrogens is 393 g/mol. The molecule has 1 unspecified atom stereocenters. The molecule has 0 aromatic rings. The first-order valence-electron chi connectivity index (χ1n) is 8.41. The van der Waals surface area contributed by atoms with E-state index in [0.29, 0.717) is 19.1 Å². The third kappa shape index (κ3) is 9.15. The summed E-state index contributed by atoms with van der Waals surface area (Å²) in [5.74, 6) is 1.69. The molecule has 0 bridgehead atoms. The Morgan fingerprint density at radius 2 is 2.09 bits per heavy atom. The van der Waals surface area contributed by atoms with Gasteiger partial charge >= 0.3 is 0 Å². The van der Waals surface area contributed by atoms with Crippen molar-refractivity contribution < 1.29 is 9.47 Å². The lowest BCUT2D eigenvalue weighted by molar-refractivity contribution is 0.0536. The fourth-order valence-electron chi connectivity index (χ4n) is 2.53. The number of ether oxygens (including phenoxy) is 2. The molecule has 132 valence electrons. The van der Waals surface area contributed by atoms with Crippen molar-refractivity contribution in [3.8, 4) is 0 Å². The molecular formula is C16H34IN3O2. The van der Waals surface area contributed by atoms with Crippen molar-refractivity contribution in [1.82, 2.24) is 10.2 Å². The van der Waals surface area contributed by atoms with Crippen molar-refractivity contribution in [3.63, 3.8) is 0 Å². The summed E-state index contributed by atoms with van der Waals surface area (Å²) in [7, 11) is 1.71. The normalized spacial score (nSPS) is 18.4. The van der Waals surface area contributed by atoms with Gasteiger partial charge in [0.2, 0.25) is 0 Å². The van der Waals surface area contributed by atoms with Gasteiger partial charge in [0.15, 0.2) is 5.96 Å². The fraction of sp³-hybridized carbons (Fsp3) is 0.938. The largest absolute Gasteiger partial charge is 0.382 e. The topological polar surface area (TPSA) is 46.1 Å². The molecule has 1 aliphatic rings. The van der Waals surface area contributed by atoms with Crippen LogP contribution < -0.4 is 5.32 Å². The van der Waals surface area contributed by atoms with E-state index >= 15 is 0 Å². The lowest BCUT2D eigenvalue weighted by Gasteiger charge is -2.21. The first-order chi connectivity index (χ1) is 10.3. The van der Waals surface area contributed by atoms with Gasteiger partial charge in [-0.25, -0.2) is 0 Å². The predicted molar refractivity (Wildman–Crippen MR) is 103 cm³/mol. The van der Waals surface area contributed by atoms with Gasteiger partial charge in [-0.05, 0) is 19.8 Å². The number of guanidine groups is 1. The molecule has 0 amide bonds. The minimum absolute atomic E-state index is 0. The molecule has 1 saturated heterocycles. The molecule has 1 N–H and O–H groups in total.